The first-order chi connectivity index (χ1) is 10.4. The molecule has 112 valence electrons. The van der Waals surface area contributed by atoms with Crippen LogP contribution in [-0.4, -0.2) is 20.9 Å². The number of H-pyrrole nitrogens is 1. The van der Waals surface area contributed by atoms with Gasteiger partial charge in [0.05, 0.1) is 16.5 Å². The van der Waals surface area contributed by atoms with E-state index in [1.165, 1.54) is 25.4 Å². The number of aromatic nitrogens is 2. The fourth-order valence-corrected chi connectivity index (χ4v) is 2.50. The van der Waals surface area contributed by atoms with Crippen LogP contribution in [0.15, 0.2) is 53.1 Å². The topological polar surface area (TPSA) is 83.0 Å². The number of aliphatic hydroxyl groups excluding tert-OH is 1. The number of rotatable bonds is 2. The van der Waals surface area contributed by atoms with E-state index in [-0.39, 0.29) is 17.5 Å². The molecule has 2 aromatic rings. The van der Waals surface area contributed by atoms with Gasteiger partial charge >= 0.3 is 0 Å². The highest BCUT2D eigenvalue weighted by Gasteiger charge is 2.36. The molecule has 0 bridgehead atoms. The zero-order valence-corrected chi connectivity index (χ0v) is 11.8. The molecular weight excluding hydrogens is 287 g/mol. The molecule has 0 saturated carbocycles. The summed E-state index contributed by atoms with van der Waals surface area (Å²) in [6, 6.07) is 3.36. The summed E-state index contributed by atoms with van der Waals surface area (Å²) in [5.41, 5.74) is -1.10. The van der Waals surface area contributed by atoms with E-state index >= 15 is 0 Å². The average Bonchev–Trinajstić information content (AvgIpc) is 2.51. The first-order valence-corrected chi connectivity index (χ1v) is 6.71. The van der Waals surface area contributed by atoms with Crippen molar-refractivity contribution in [3.05, 3.63) is 64.1 Å². The Morgan fingerprint density at radius 3 is 3.00 bits per heavy atom. The molecule has 5 nitrogen and oxygen atoms in total. The Labute approximate surface area is 124 Å². The van der Waals surface area contributed by atoms with Crippen LogP contribution in [0.25, 0.3) is 11.0 Å². The van der Waals surface area contributed by atoms with Gasteiger partial charge in [0.25, 0.3) is 0 Å². The molecule has 1 atom stereocenters. The summed E-state index contributed by atoms with van der Waals surface area (Å²) in [4.78, 5) is 31.9. The maximum atomic E-state index is 13.6. The van der Waals surface area contributed by atoms with Crippen molar-refractivity contribution in [3.8, 4) is 0 Å². The Morgan fingerprint density at radius 1 is 1.50 bits per heavy atom. The van der Waals surface area contributed by atoms with Crippen molar-refractivity contribution in [1.82, 2.24) is 9.97 Å². The number of ketones is 1. The number of fused-ring (bicyclic) bond motifs is 1. The van der Waals surface area contributed by atoms with Gasteiger partial charge in [-0.15, -0.1) is 0 Å². The highest BCUT2D eigenvalue weighted by Crippen LogP contribution is 2.35. The minimum atomic E-state index is -1.22. The molecule has 0 aliphatic heterocycles. The Hall–Kier alpha value is -2.76. The third kappa shape index (κ3) is 2.13. The van der Waals surface area contributed by atoms with Gasteiger partial charge in [0.15, 0.2) is 11.6 Å². The number of hydrogen-bond acceptors (Lipinski definition) is 4. The molecule has 1 unspecified atom stereocenters. The van der Waals surface area contributed by atoms with Crippen LogP contribution < -0.4 is 5.43 Å². The number of carbonyl (C=O) groups excluding carboxylic acids is 1. The smallest absolute Gasteiger partial charge is 0.218 e. The largest absolute Gasteiger partial charge is 0.505 e. The maximum absolute atomic E-state index is 13.6. The van der Waals surface area contributed by atoms with E-state index in [1.807, 2.05) is 0 Å². The number of aromatic amines is 1. The van der Waals surface area contributed by atoms with Crippen molar-refractivity contribution >= 4 is 16.8 Å². The Kier molecular flexibility index (Phi) is 3.16. The van der Waals surface area contributed by atoms with Crippen molar-refractivity contribution < 1.29 is 14.3 Å². The predicted molar refractivity (Wildman–Crippen MR) is 79.3 cm³/mol. The number of hydrogen-bond donors (Lipinski definition) is 2. The second-order valence-corrected chi connectivity index (χ2v) is 5.46. The van der Waals surface area contributed by atoms with Crippen LogP contribution in [0.1, 0.15) is 23.7 Å². The fraction of sp³-hybridized carbons (Fsp3) is 0.188. The third-order valence-electron chi connectivity index (χ3n) is 3.81. The van der Waals surface area contributed by atoms with Crippen molar-refractivity contribution in [2.75, 3.05) is 0 Å². The fourth-order valence-electron chi connectivity index (χ4n) is 2.50. The van der Waals surface area contributed by atoms with E-state index in [4.69, 9.17) is 0 Å². The molecule has 1 aliphatic carbocycles. The van der Waals surface area contributed by atoms with Gasteiger partial charge in [-0.1, -0.05) is 0 Å². The highest BCUT2D eigenvalue weighted by atomic mass is 19.1. The van der Waals surface area contributed by atoms with E-state index in [0.29, 0.717) is 5.52 Å². The first-order valence-electron chi connectivity index (χ1n) is 6.71. The summed E-state index contributed by atoms with van der Waals surface area (Å²) in [6.45, 7) is 1.53. The monoisotopic (exact) mass is 300 g/mol. The lowest BCUT2D eigenvalue weighted by molar-refractivity contribution is 0.0864. The molecule has 1 aliphatic rings. The lowest BCUT2D eigenvalue weighted by Crippen LogP contribution is -2.31. The van der Waals surface area contributed by atoms with Gasteiger partial charge < -0.3 is 10.1 Å². The van der Waals surface area contributed by atoms with Gasteiger partial charge in [0.2, 0.25) is 5.43 Å². The van der Waals surface area contributed by atoms with Crippen LogP contribution in [-0.2, 0) is 0 Å². The molecule has 2 aromatic heterocycles. The van der Waals surface area contributed by atoms with Crippen LogP contribution in [0.2, 0.25) is 0 Å². The lowest BCUT2D eigenvalue weighted by Gasteiger charge is -2.25. The van der Waals surface area contributed by atoms with Crippen LogP contribution in [0.5, 0.6) is 0 Å². The molecule has 2 N–H and O–H groups in total. The zero-order valence-electron chi connectivity index (χ0n) is 11.8. The molecule has 0 spiro atoms. The van der Waals surface area contributed by atoms with E-state index in [0.717, 1.165) is 6.08 Å². The first kappa shape index (κ1) is 14.2. The van der Waals surface area contributed by atoms with Gasteiger partial charge in [-0.2, -0.15) is 0 Å². The van der Waals surface area contributed by atoms with Crippen molar-refractivity contribution in [1.29, 1.82) is 0 Å². The summed E-state index contributed by atoms with van der Waals surface area (Å²) in [5, 5.41) is 9.29. The lowest BCUT2D eigenvalue weighted by atomic mass is 9.77. The van der Waals surface area contributed by atoms with E-state index in [1.54, 1.807) is 12.1 Å². The molecule has 0 amide bonds. The highest BCUT2D eigenvalue weighted by molar-refractivity contribution is 6.03. The van der Waals surface area contributed by atoms with Crippen molar-refractivity contribution in [2.45, 2.75) is 13.3 Å². The molecule has 0 aromatic carbocycles. The van der Waals surface area contributed by atoms with Crippen molar-refractivity contribution in [3.63, 3.8) is 0 Å². The van der Waals surface area contributed by atoms with Crippen LogP contribution >= 0.6 is 0 Å². The molecule has 0 radical (unpaired) electrons. The van der Waals surface area contributed by atoms with Crippen LogP contribution in [0, 0.1) is 5.41 Å². The second kappa shape index (κ2) is 4.91. The van der Waals surface area contributed by atoms with Gasteiger partial charge in [-0.25, -0.2) is 4.39 Å². The van der Waals surface area contributed by atoms with Gasteiger partial charge in [0.1, 0.15) is 11.3 Å². The van der Waals surface area contributed by atoms with E-state index < -0.39 is 28.2 Å². The van der Waals surface area contributed by atoms with Crippen molar-refractivity contribution in [2.24, 2.45) is 5.41 Å². The number of halogens is 1. The predicted octanol–water partition coefficient (Wildman–Crippen LogP) is 2.81. The molecule has 22 heavy (non-hydrogen) atoms. The van der Waals surface area contributed by atoms with Crippen LogP contribution in [0.3, 0.4) is 0 Å². The quantitative estimate of drug-likeness (QED) is 0.835. The van der Waals surface area contributed by atoms with Gasteiger partial charge in [0, 0.05) is 12.4 Å². The SMILES string of the molecule is CC1(C(=O)c2c[nH]c3cccnc3c2=O)C=C(F)C(O)=CC1. The number of pyridine rings is 2. The summed E-state index contributed by atoms with van der Waals surface area (Å²) >= 11 is 0. The number of nitrogens with one attached hydrogen (secondary N) is 1. The average molecular weight is 300 g/mol. The Bertz CT molecular complexity index is 898. The third-order valence-corrected chi connectivity index (χ3v) is 3.81. The van der Waals surface area contributed by atoms with Crippen LogP contribution in [0.4, 0.5) is 4.39 Å². The van der Waals surface area contributed by atoms with E-state index in [2.05, 4.69) is 9.97 Å². The number of allylic oxidation sites excluding steroid dienone is 3. The summed E-state index contributed by atoms with van der Waals surface area (Å²) in [5.74, 6) is -1.86. The number of nitrogens with zero attached hydrogens (tertiary/aromatic N) is 1. The molecule has 3 rings (SSSR count). The Morgan fingerprint density at radius 2 is 2.27 bits per heavy atom. The molecule has 6 heteroatoms. The minimum absolute atomic E-state index is 0.0764. The Balaban J connectivity index is 2.11. The van der Waals surface area contributed by atoms with E-state index in [9.17, 15) is 19.1 Å². The molecular formula is C16H13FN2O3. The maximum Gasteiger partial charge on any atom is 0.218 e. The zero-order chi connectivity index (χ0) is 15.9. The number of aliphatic hydroxyl groups is 1. The minimum Gasteiger partial charge on any atom is -0.505 e. The summed E-state index contributed by atoms with van der Waals surface area (Å²) in [7, 11) is 0. The number of carbonyl (C=O) groups is 1. The summed E-state index contributed by atoms with van der Waals surface area (Å²) in [6.07, 6.45) is 5.19. The molecule has 0 fully saturated rings. The molecule has 0 saturated heterocycles. The second-order valence-electron chi connectivity index (χ2n) is 5.46. The summed E-state index contributed by atoms with van der Waals surface area (Å²) < 4.78 is 13.6. The van der Waals surface area contributed by atoms with Gasteiger partial charge in [-0.3, -0.25) is 14.6 Å². The van der Waals surface area contributed by atoms with Gasteiger partial charge in [-0.05, 0) is 37.6 Å². The number of Topliss-reactive ketones (excluding diaryl/α,β-unsaturated/α-hetero) is 1. The standard InChI is InChI=1S/C16H13FN2O3/c1-16(5-4-12(20)10(17)7-16)15(22)9-8-19-11-3-2-6-18-13(11)14(9)21/h2-4,6-8,20H,5H2,1H3,(H,19,21). The normalized spacial score (nSPS) is 21.4. The molecule has 2 heterocycles.